The largest absolute Gasteiger partial charge is 0.491 e. The molecule has 2 aliphatic heterocycles. The van der Waals surface area contributed by atoms with E-state index in [-0.39, 0.29) is 12.2 Å². The molecule has 0 N–H and O–H groups in total. The second-order valence-corrected chi connectivity index (χ2v) is 8.09. The molecule has 2 saturated heterocycles. The maximum Gasteiger partial charge on any atom is 0.126 e. The van der Waals surface area contributed by atoms with Crippen LogP contribution in [-0.4, -0.2) is 38.6 Å². The van der Waals surface area contributed by atoms with Gasteiger partial charge < -0.3 is 18.9 Å². The Balaban J connectivity index is 1.74. The molecule has 0 amide bonds. The number of hydrogen-bond donors (Lipinski definition) is 0. The van der Waals surface area contributed by atoms with Crippen LogP contribution in [0.3, 0.4) is 0 Å². The van der Waals surface area contributed by atoms with Crippen molar-refractivity contribution >= 4 is 0 Å². The molecule has 2 aromatic carbocycles. The van der Waals surface area contributed by atoms with Crippen molar-refractivity contribution in [2.24, 2.45) is 0 Å². The minimum atomic E-state index is 0.267. The molecule has 4 rings (SSSR count). The van der Waals surface area contributed by atoms with Crippen molar-refractivity contribution in [2.45, 2.75) is 65.6 Å². The molecular formula is C26H34O4. The summed E-state index contributed by atoms with van der Waals surface area (Å²) in [4.78, 5) is 0. The number of rotatable bonds is 11. The summed E-state index contributed by atoms with van der Waals surface area (Å²) in [6.07, 6.45) is 4.46. The van der Waals surface area contributed by atoms with E-state index in [0.29, 0.717) is 13.2 Å². The van der Waals surface area contributed by atoms with Crippen molar-refractivity contribution in [1.82, 2.24) is 0 Å². The van der Waals surface area contributed by atoms with E-state index >= 15 is 0 Å². The summed E-state index contributed by atoms with van der Waals surface area (Å²) in [6.45, 7) is 11.9. The summed E-state index contributed by atoms with van der Waals surface area (Å²) in [6, 6.07) is 8.58. The Labute approximate surface area is 180 Å². The Morgan fingerprint density at radius 3 is 1.60 bits per heavy atom. The van der Waals surface area contributed by atoms with Crippen LogP contribution >= 0.6 is 0 Å². The molecule has 0 aromatic heterocycles. The summed E-state index contributed by atoms with van der Waals surface area (Å²) in [5, 5.41) is 0. The molecule has 4 nitrogen and oxygen atoms in total. The van der Waals surface area contributed by atoms with Gasteiger partial charge in [-0.3, -0.25) is 0 Å². The molecule has 0 radical (unpaired) electrons. The highest BCUT2D eigenvalue weighted by molar-refractivity contribution is 5.77. The van der Waals surface area contributed by atoms with Gasteiger partial charge in [0.2, 0.25) is 0 Å². The molecule has 0 spiro atoms. The van der Waals surface area contributed by atoms with E-state index in [2.05, 4.69) is 52.0 Å². The third-order valence-electron chi connectivity index (χ3n) is 6.09. The van der Waals surface area contributed by atoms with Gasteiger partial charge in [0.25, 0.3) is 0 Å². The number of epoxide rings is 2. The number of ether oxygens (including phenoxy) is 4. The van der Waals surface area contributed by atoms with E-state index in [0.717, 1.165) is 50.4 Å². The zero-order valence-electron chi connectivity index (χ0n) is 18.8. The van der Waals surface area contributed by atoms with Crippen molar-refractivity contribution in [3.05, 3.63) is 46.5 Å². The van der Waals surface area contributed by atoms with Crippen molar-refractivity contribution in [3.8, 4) is 22.6 Å². The molecule has 0 bridgehead atoms. The van der Waals surface area contributed by atoms with E-state index < -0.39 is 0 Å². The van der Waals surface area contributed by atoms with Gasteiger partial charge in [-0.05, 0) is 71.2 Å². The Kier molecular flexibility index (Phi) is 6.64. The zero-order chi connectivity index (χ0) is 21.1. The lowest BCUT2D eigenvalue weighted by atomic mass is 9.83. The molecule has 0 aliphatic carbocycles. The summed E-state index contributed by atoms with van der Waals surface area (Å²) in [7, 11) is 0. The van der Waals surface area contributed by atoms with Gasteiger partial charge in [0.05, 0.1) is 13.2 Å². The maximum absolute atomic E-state index is 6.37. The second kappa shape index (κ2) is 9.40. The minimum Gasteiger partial charge on any atom is -0.491 e. The first-order valence-corrected chi connectivity index (χ1v) is 11.5. The minimum absolute atomic E-state index is 0.267. The number of benzene rings is 2. The van der Waals surface area contributed by atoms with Gasteiger partial charge >= 0.3 is 0 Å². The Hall–Kier alpha value is -2.04. The first-order valence-electron chi connectivity index (χ1n) is 11.5. The smallest absolute Gasteiger partial charge is 0.126 e. The van der Waals surface area contributed by atoms with E-state index in [1.54, 1.807) is 0 Å². The van der Waals surface area contributed by atoms with E-state index in [4.69, 9.17) is 18.9 Å². The van der Waals surface area contributed by atoms with E-state index in [9.17, 15) is 0 Å². The molecule has 2 aromatic rings. The van der Waals surface area contributed by atoms with Crippen LogP contribution in [-0.2, 0) is 35.2 Å². The lowest BCUT2D eigenvalue weighted by Gasteiger charge is -2.25. The fourth-order valence-corrected chi connectivity index (χ4v) is 4.40. The molecular weight excluding hydrogens is 376 g/mol. The topological polar surface area (TPSA) is 43.5 Å². The average Bonchev–Trinajstić information content (AvgIpc) is 3.70. The van der Waals surface area contributed by atoms with Gasteiger partial charge in [0.1, 0.15) is 36.9 Å². The third kappa shape index (κ3) is 4.50. The predicted molar refractivity (Wildman–Crippen MR) is 120 cm³/mol. The fraction of sp³-hybridized carbons (Fsp3) is 0.538. The Morgan fingerprint density at radius 2 is 1.17 bits per heavy atom. The van der Waals surface area contributed by atoms with Crippen molar-refractivity contribution in [3.63, 3.8) is 0 Å². The highest BCUT2D eigenvalue weighted by Crippen LogP contribution is 2.42. The maximum atomic E-state index is 6.37. The quantitative estimate of drug-likeness (QED) is 0.480. The second-order valence-electron chi connectivity index (χ2n) is 8.09. The van der Waals surface area contributed by atoms with Crippen molar-refractivity contribution in [2.75, 3.05) is 26.4 Å². The molecule has 2 aliphatic rings. The summed E-state index contributed by atoms with van der Waals surface area (Å²) in [5.41, 5.74) is 8.19. The van der Waals surface area contributed by atoms with Crippen LogP contribution in [0.5, 0.6) is 11.5 Å². The van der Waals surface area contributed by atoms with E-state index in [1.165, 1.54) is 33.4 Å². The molecule has 30 heavy (non-hydrogen) atoms. The summed E-state index contributed by atoms with van der Waals surface area (Å²) < 4.78 is 22.8. The lowest BCUT2D eigenvalue weighted by molar-refractivity contribution is 0.259. The molecule has 2 atom stereocenters. The monoisotopic (exact) mass is 410 g/mol. The highest BCUT2D eigenvalue weighted by Gasteiger charge is 2.27. The van der Waals surface area contributed by atoms with Crippen LogP contribution < -0.4 is 9.47 Å². The number of hydrogen-bond acceptors (Lipinski definition) is 4. The zero-order valence-corrected chi connectivity index (χ0v) is 18.8. The summed E-state index contributed by atoms with van der Waals surface area (Å²) in [5.74, 6) is 2.01. The molecule has 2 fully saturated rings. The van der Waals surface area contributed by atoms with Crippen LogP contribution in [0.2, 0.25) is 0 Å². The van der Waals surface area contributed by atoms with Crippen LogP contribution in [0.15, 0.2) is 24.3 Å². The van der Waals surface area contributed by atoms with Gasteiger partial charge in [-0.25, -0.2) is 0 Å². The van der Waals surface area contributed by atoms with Crippen LogP contribution in [0.4, 0.5) is 0 Å². The highest BCUT2D eigenvalue weighted by atomic mass is 16.6. The molecule has 2 heterocycles. The van der Waals surface area contributed by atoms with E-state index in [1.807, 2.05) is 0 Å². The first-order chi connectivity index (χ1) is 14.7. The molecule has 2 unspecified atom stereocenters. The normalized spacial score (nSPS) is 19.6. The average molecular weight is 411 g/mol. The fourth-order valence-electron chi connectivity index (χ4n) is 4.40. The molecule has 0 saturated carbocycles. The first kappa shape index (κ1) is 21.2. The van der Waals surface area contributed by atoms with Crippen molar-refractivity contribution in [1.29, 1.82) is 0 Å². The van der Waals surface area contributed by atoms with Crippen molar-refractivity contribution < 1.29 is 18.9 Å². The van der Waals surface area contributed by atoms with Gasteiger partial charge in [-0.1, -0.05) is 39.8 Å². The molecule has 4 heteroatoms. The molecule has 162 valence electrons. The van der Waals surface area contributed by atoms with Crippen LogP contribution in [0.25, 0.3) is 11.1 Å². The Bertz CT molecular complexity index is 831. The van der Waals surface area contributed by atoms with Crippen LogP contribution in [0.1, 0.15) is 49.9 Å². The van der Waals surface area contributed by atoms with Gasteiger partial charge in [0.15, 0.2) is 0 Å². The lowest BCUT2D eigenvalue weighted by Crippen LogP contribution is -2.13. The SMILES string of the molecule is CCc1c(CC)c(-c2ccc(OCC3CO3)cc2)c(CC)c(CC)c1OCC1CO1. The summed E-state index contributed by atoms with van der Waals surface area (Å²) >= 11 is 0. The van der Waals surface area contributed by atoms with Gasteiger partial charge in [-0.15, -0.1) is 0 Å². The Morgan fingerprint density at radius 1 is 0.700 bits per heavy atom. The van der Waals surface area contributed by atoms with Crippen LogP contribution in [0, 0.1) is 0 Å². The van der Waals surface area contributed by atoms with Gasteiger partial charge in [0, 0.05) is 0 Å². The van der Waals surface area contributed by atoms with Gasteiger partial charge in [-0.2, -0.15) is 0 Å². The predicted octanol–water partition coefficient (Wildman–Crippen LogP) is 5.16. The third-order valence-corrected chi connectivity index (χ3v) is 6.09. The standard InChI is InChI=1S/C26H34O4/c1-5-21-23(7-3)26(30-16-20-15-29-20)24(8-4)22(6-2)25(21)17-9-11-18(12-10-17)27-13-19-14-28-19/h9-12,19-20H,5-8,13-16H2,1-4H3.